The summed E-state index contributed by atoms with van der Waals surface area (Å²) in [5.74, 6) is -0.204. The third-order valence-corrected chi connectivity index (χ3v) is 7.24. The average Bonchev–Trinajstić information content (AvgIpc) is 3.31. The number of hydrogen-bond donors (Lipinski definition) is 3. The lowest BCUT2D eigenvalue weighted by Gasteiger charge is -2.13. The van der Waals surface area contributed by atoms with Crippen molar-refractivity contribution in [3.63, 3.8) is 0 Å². The van der Waals surface area contributed by atoms with Gasteiger partial charge in [0, 0.05) is 35.6 Å². The Bertz CT molecular complexity index is 1470. The molecule has 4 aromatic rings. The fourth-order valence-corrected chi connectivity index (χ4v) is 5.17. The van der Waals surface area contributed by atoms with Crippen LogP contribution >= 0.6 is 0 Å². The number of carboxylic acids is 2. The van der Waals surface area contributed by atoms with E-state index in [9.17, 15) is 19.8 Å². The number of nitrogens with zero attached hydrogens (tertiary/aromatic N) is 1. The molecular weight excluding hydrogens is 534 g/mol. The van der Waals surface area contributed by atoms with Gasteiger partial charge in [0.1, 0.15) is 11.5 Å². The fourth-order valence-electron chi connectivity index (χ4n) is 5.17. The molecule has 0 saturated carbocycles. The highest BCUT2D eigenvalue weighted by atomic mass is 16.5. The van der Waals surface area contributed by atoms with Crippen LogP contribution in [0.3, 0.4) is 0 Å². The van der Waals surface area contributed by atoms with E-state index in [1.165, 1.54) is 0 Å². The van der Waals surface area contributed by atoms with Crippen LogP contribution in [0.4, 0.5) is 0 Å². The third kappa shape index (κ3) is 8.60. The lowest BCUT2D eigenvalue weighted by Crippen LogP contribution is -2.05. The van der Waals surface area contributed by atoms with Gasteiger partial charge in [0.15, 0.2) is 0 Å². The largest absolute Gasteiger partial charge is 0.494 e. The van der Waals surface area contributed by atoms with Crippen LogP contribution in [-0.4, -0.2) is 45.0 Å². The number of benzene rings is 3. The van der Waals surface area contributed by atoms with Gasteiger partial charge in [0.05, 0.1) is 25.7 Å². The molecule has 0 fully saturated rings. The highest BCUT2D eigenvalue weighted by Gasteiger charge is 2.15. The molecule has 4 rings (SSSR count). The van der Waals surface area contributed by atoms with Crippen molar-refractivity contribution in [3.8, 4) is 11.5 Å². The Labute approximate surface area is 246 Å². The molecule has 0 radical (unpaired) electrons. The Morgan fingerprint density at radius 1 is 0.810 bits per heavy atom. The van der Waals surface area contributed by atoms with Gasteiger partial charge in [-0.05, 0) is 80.0 Å². The molecule has 3 aromatic carbocycles. The monoisotopic (exact) mass is 573 g/mol. The van der Waals surface area contributed by atoms with Crippen molar-refractivity contribution in [1.29, 1.82) is 0 Å². The first-order valence-corrected chi connectivity index (χ1v) is 14.5. The van der Waals surface area contributed by atoms with Gasteiger partial charge < -0.3 is 29.4 Å². The summed E-state index contributed by atoms with van der Waals surface area (Å²) in [5.41, 5.74) is 4.72. The predicted octanol–water partition coefficient (Wildman–Crippen LogP) is 6.21. The van der Waals surface area contributed by atoms with E-state index in [2.05, 4.69) is 12.1 Å². The Morgan fingerprint density at radius 2 is 1.55 bits per heavy atom. The first-order valence-electron chi connectivity index (χ1n) is 14.5. The first-order chi connectivity index (χ1) is 20.3. The van der Waals surface area contributed by atoms with E-state index >= 15 is 0 Å². The molecule has 0 amide bonds. The molecular formula is C34H39NO7. The molecule has 1 atom stereocenters. The van der Waals surface area contributed by atoms with Crippen molar-refractivity contribution in [3.05, 3.63) is 95.2 Å². The van der Waals surface area contributed by atoms with Crippen LogP contribution in [0.5, 0.6) is 11.5 Å². The molecule has 0 bridgehead atoms. The number of unbranched alkanes of at least 4 members (excludes halogenated alkanes) is 1. The van der Waals surface area contributed by atoms with E-state index in [-0.39, 0.29) is 12.8 Å². The van der Waals surface area contributed by atoms with E-state index in [0.717, 1.165) is 64.6 Å². The van der Waals surface area contributed by atoms with Gasteiger partial charge >= 0.3 is 11.9 Å². The summed E-state index contributed by atoms with van der Waals surface area (Å²) in [6, 6.07) is 21.6. The average molecular weight is 574 g/mol. The molecule has 222 valence electrons. The predicted molar refractivity (Wildman–Crippen MR) is 161 cm³/mol. The van der Waals surface area contributed by atoms with E-state index in [1.54, 1.807) is 6.92 Å². The molecule has 1 unspecified atom stereocenters. The number of aliphatic carboxylic acids is 2. The van der Waals surface area contributed by atoms with Gasteiger partial charge in [-0.3, -0.25) is 9.59 Å². The number of aliphatic hydroxyl groups is 1. The van der Waals surface area contributed by atoms with Gasteiger partial charge in [-0.25, -0.2) is 0 Å². The molecule has 8 heteroatoms. The van der Waals surface area contributed by atoms with Crippen molar-refractivity contribution < 1.29 is 34.4 Å². The topological polar surface area (TPSA) is 118 Å². The second-order valence-corrected chi connectivity index (χ2v) is 10.5. The summed E-state index contributed by atoms with van der Waals surface area (Å²) in [6.45, 7) is 3.39. The summed E-state index contributed by atoms with van der Waals surface area (Å²) in [5, 5.41) is 29.3. The van der Waals surface area contributed by atoms with Crippen molar-refractivity contribution in [2.75, 3.05) is 13.2 Å². The summed E-state index contributed by atoms with van der Waals surface area (Å²) >= 11 is 0. The minimum absolute atomic E-state index is 0.0710. The summed E-state index contributed by atoms with van der Waals surface area (Å²) in [6.07, 6.45) is 4.99. The minimum Gasteiger partial charge on any atom is -0.494 e. The minimum atomic E-state index is -0.890. The van der Waals surface area contributed by atoms with Crippen molar-refractivity contribution in [2.24, 2.45) is 0 Å². The molecule has 8 nitrogen and oxygen atoms in total. The normalized spacial score (nSPS) is 11.9. The molecule has 3 N–H and O–H groups in total. The SMILES string of the molecule is CC(O)c1ccccc1OCCCCOc1ccc(CCc2cccc3c2c(CC(=O)O)cn3CCCC(=O)O)cc1. The van der Waals surface area contributed by atoms with Crippen LogP contribution in [0.15, 0.2) is 72.9 Å². The third-order valence-electron chi connectivity index (χ3n) is 7.24. The number of rotatable bonds is 17. The lowest BCUT2D eigenvalue weighted by atomic mass is 9.98. The number of carboxylic acid groups (broad SMARTS) is 2. The van der Waals surface area contributed by atoms with Crippen LogP contribution in [0.25, 0.3) is 10.9 Å². The van der Waals surface area contributed by atoms with Crippen LogP contribution in [0.2, 0.25) is 0 Å². The van der Waals surface area contributed by atoms with E-state index in [0.29, 0.717) is 31.9 Å². The smallest absolute Gasteiger partial charge is 0.307 e. The van der Waals surface area contributed by atoms with E-state index in [4.69, 9.17) is 14.6 Å². The molecule has 1 heterocycles. The van der Waals surface area contributed by atoms with Gasteiger partial charge in [-0.1, -0.05) is 42.5 Å². The van der Waals surface area contributed by atoms with E-state index in [1.807, 2.05) is 65.4 Å². The highest BCUT2D eigenvalue weighted by molar-refractivity contribution is 5.90. The molecule has 0 saturated heterocycles. The van der Waals surface area contributed by atoms with Crippen molar-refractivity contribution in [1.82, 2.24) is 4.57 Å². The first kappa shape index (κ1) is 30.7. The Morgan fingerprint density at radius 3 is 2.26 bits per heavy atom. The molecule has 0 aliphatic rings. The maximum atomic E-state index is 11.6. The summed E-state index contributed by atoms with van der Waals surface area (Å²) in [4.78, 5) is 22.5. The number of para-hydroxylation sites is 1. The number of aryl methyl sites for hydroxylation is 3. The molecule has 42 heavy (non-hydrogen) atoms. The van der Waals surface area contributed by atoms with Crippen molar-refractivity contribution in [2.45, 2.75) is 64.5 Å². The molecule has 0 aliphatic heterocycles. The van der Waals surface area contributed by atoms with Gasteiger partial charge in [-0.15, -0.1) is 0 Å². The zero-order chi connectivity index (χ0) is 29.9. The summed E-state index contributed by atoms with van der Waals surface area (Å²) < 4.78 is 13.7. The Hall–Kier alpha value is -4.30. The van der Waals surface area contributed by atoms with Crippen LogP contribution < -0.4 is 9.47 Å². The number of aromatic nitrogens is 1. The van der Waals surface area contributed by atoms with Gasteiger partial charge in [0.25, 0.3) is 0 Å². The lowest BCUT2D eigenvalue weighted by molar-refractivity contribution is -0.137. The highest BCUT2D eigenvalue weighted by Crippen LogP contribution is 2.28. The zero-order valence-corrected chi connectivity index (χ0v) is 24.0. The Balaban J connectivity index is 1.28. The number of fused-ring (bicyclic) bond motifs is 1. The molecule has 0 aliphatic carbocycles. The Kier molecular flexibility index (Phi) is 11.0. The quantitative estimate of drug-likeness (QED) is 0.129. The maximum absolute atomic E-state index is 11.6. The second-order valence-electron chi connectivity index (χ2n) is 10.5. The van der Waals surface area contributed by atoms with E-state index < -0.39 is 18.0 Å². The standard InChI is InChI=1S/C34H39NO7/c1-24(36)29-9-2-3-11-31(29)42-21-5-4-20-41-28-17-14-25(15-18-28)13-16-26-8-6-10-30-34(26)27(22-33(39)40)23-35(30)19-7-12-32(37)38/h2-3,6,8-11,14-15,17-18,23-24,36H,4-5,7,12-13,16,19-22H2,1H3,(H,37,38)(H,39,40). The fraction of sp³-hybridized carbons (Fsp3) is 0.353. The number of carbonyl (C=O) groups is 2. The zero-order valence-electron chi connectivity index (χ0n) is 24.0. The number of hydrogen-bond acceptors (Lipinski definition) is 5. The van der Waals surface area contributed by atoms with Crippen LogP contribution in [-0.2, 0) is 35.4 Å². The summed E-state index contributed by atoms with van der Waals surface area (Å²) in [7, 11) is 0. The van der Waals surface area contributed by atoms with Crippen LogP contribution in [0, 0.1) is 0 Å². The number of aliphatic hydroxyl groups excluding tert-OH is 1. The molecule has 0 spiro atoms. The molecule has 1 aromatic heterocycles. The maximum Gasteiger partial charge on any atom is 0.307 e. The van der Waals surface area contributed by atoms with Gasteiger partial charge in [0.2, 0.25) is 0 Å². The van der Waals surface area contributed by atoms with Crippen molar-refractivity contribution >= 4 is 22.8 Å². The second kappa shape index (κ2) is 15.1. The number of ether oxygens (including phenoxy) is 2. The van der Waals surface area contributed by atoms with Gasteiger partial charge in [-0.2, -0.15) is 0 Å². The van der Waals surface area contributed by atoms with Crippen LogP contribution in [0.1, 0.15) is 61.0 Å².